The van der Waals surface area contributed by atoms with Gasteiger partial charge in [0.05, 0.1) is 11.5 Å². The van der Waals surface area contributed by atoms with Crippen molar-refractivity contribution < 1.29 is 22.7 Å². The summed E-state index contributed by atoms with van der Waals surface area (Å²) in [6, 6.07) is 5.85. The third-order valence-corrected chi connectivity index (χ3v) is 5.19. The molecule has 1 aliphatic heterocycles. The molecule has 5 nitrogen and oxygen atoms in total. The molecule has 1 fully saturated rings. The average Bonchev–Trinajstić information content (AvgIpc) is 2.43. The van der Waals surface area contributed by atoms with E-state index in [0.29, 0.717) is 6.42 Å². The molecule has 0 spiro atoms. The van der Waals surface area contributed by atoms with Gasteiger partial charge in [0, 0.05) is 12.6 Å². The first-order valence-electron chi connectivity index (χ1n) is 6.95. The lowest BCUT2D eigenvalue weighted by molar-refractivity contribution is 0.101. The number of hydrogen-bond donors (Lipinski definition) is 2. The summed E-state index contributed by atoms with van der Waals surface area (Å²) >= 11 is 0. The highest BCUT2D eigenvalue weighted by molar-refractivity contribution is 7.91. The van der Waals surface area contributed by atoms with Crippen molar-refractivity contribution in [3.63, 3.8) is 0 Å². The number of halogens is 1. The first-order chi connectivity index (χ1) is 9.96. The van der Waals surface area contributed by atoms with Crippen molar-refractivity contribution in [3.8, 4) is 5.75 Å². The van der Waals surface area contributed by atoms with E-state index in [1.54, 1.807) is 12.1 Å². The number of hydrogen-bond acceptors (Lipinski definition) is 5. The van der Waals surface area contributed by atoms with E-state index in [9.17, 15) is 17.9 Å². The maximum Gasteiger partial charge on any atom is 0.165 e. The van der Waals surface area contributed by atoms with Crippen LogP contribution < -0.4 is 10.1 Å². The molecule has 0 saturated carbocycles. The van der Waals surface area contributed by atoms with Crippen LogP contribution in [0, 0.1) is 5.82 Å². The molecule has 118 valence electrons. The second-order valence-electron chi connectivity index (χ2n) is 5.26. The number of sulfone groups is 1. The summed E-state index contributed by atoms with van der Waals surface area (Å²) in [5, 5.41) is 12.8. The molecule has 1 aromatic rings. The van der Waals surface area contributed by atoms with Gasteiger partial charge in [-0.3, -0.25) is 0 Å². The molecule has 2 unspecified atom stereocenters. The topological polar surface area (TPSA) is 75.6 Å². The predicted octanol–water partition coefficient (Wildman–Crippen LogP) is 0.732. The molecule has 0 amide bonds. The Labute approximate surface area is 124 Å². The Balaban J connectivity index is 1.73. The molecule has 2 N–H and O–H groups in total. The molecule has 1 heterocycles. The summed E-state index contributed by atoms with van der Waals surface area (Å²) in [6.45, 7) is 0.169. The van der Waals surface area contributed by atoms with Gasteiger partial charge >= 0.3 is 0 Å². The summed E-state index contributed by atoms with van der Waals surface area (Å²) in [7, 11) is -2.97. The first kappa shape index (κ1) is 16.2. The van der Waals surface area contributed by atoms with E-state index >= 15 is 0 Å². The summed E-state index contributed by atoms with van der Waals surface area (Å²) in [4.78, 5) is 0. The zero-order chi connectivity index (χ0) is 15.3. The van der Waals surface area contributed by atoms with Crippen LogP contribution in [0.1, 0.15) is 12.8 Å². The zero-order valence-corrected chi connectivity index (χ0v) is 12.5. The minimum atomic E-state index is -2.97. The zero-order valence-electron chi connectivity index (χ0n) is 11.7. The normalized spacial score (nSPS) is 22.7. The second-order valence-corrected chi connectivity index (χ2v) is 7.49. The Kier molecular flexibility index (Phi) is 5.55. The smallest absolute Gasteiger partial charge is 0.165 e. The summed E-state index contributed by atoms with van der Waals surface area (Å²) in [5.74, 6) is -0.0364. The number of benzene rings is 1. The van der Waals surface area contributed by atoms with Gasteiger partial charge in [0.15, 0.2) is 21.4 Å². The van der Waals surface area contributed by atoms with E-state index in [1.807, 2.05) is 0 Å². The summed E-state index contributed by atoms with van der Waals surface area (Å²) < 4.78 is 41.5. The molecule has 1 saturated heterocycles. The number of nitrogens with one attached hydrogen (secondary N) is 1. The number of para-hydroxylation sites is 1. The van der Waals surface area contributed by atoms with E-state index < -0.39 is 21.8 Å². The van der Waals surface area contributed by atoms with Crippen molar-refractivity contribution in [1.82, 2.24) is 5.32 Å². The molecule has 21 heavy (non-hydrogen) atoms. The minimum absolute atomic E-state index is 0.0482. The predicted molar refractivity (Wildman–Crippen MR) is 77.6 cm³/mol. The average molecular weight is 317 g/mol. The molecular weight excluding hydrogens is 297 g/mol. The van der Waals surface area contributed by atoms with Crippen LogP contribution in [0.4, 0.5) is 4.39 Å². The Morgan fingerprint density at radius 2 is 2.19 bits per heavy atom. The number of aliphatic hydroxyl groups excluding tert-OH is 1. The Morgan fingerprint density at radius 3 is 2.90 bits per heavy atom. The number of aliphatic hydroxyl groups is 1. The van der Waals surface area contributed by atoms with Crippen LogP contribution in [0.2, 0.25) is 0 Å². The van der Waals surface area contributed by atoms with Crippen LogP contribution >= 0.6 is 0 Å². The Hall–Kier alpha value is -1.18. The molecule has 0 aromatic heterocycles. The first-order valence-corrected chi connectivity index (χ1v) is 8.77. The van der Waals surface area contributed by atoms with E-state index in [4.69, 9.17) is 4.74 Å². The van der Waals surface area contributed by atoms with Gasteiger partial charge in [-0.1, -0.05) is 12.1 Å². The quantitative estimate of drug-likeness (QED) is 0.809. The van der Waals surface area contributed by atoms with Crippen molar-refractivity contribution in [2.45, 2.75) is 25.0 Å². The Bertz CT molecular complexity index is 564. The van der Waals surface area contributed by atoms with Crippen LogP contribution in [0.5, 0.6) is 5.75 Å². The highest BCUT2D eigenvalue weighted by Crippen LogP contribution is 2.15. The van der Waals surface area contributed by atoms with Crippen LogP contribution in [-0.4, -0.2) is 50.3 Å². The fourth-order valence-electron chi connectivity index (χ4n) is 2.29. The van der Waals surface area contributed by atoms with Crippen LogP contribution in [-0.2, 0) is 9.84 Å². The number of rotatable bonds is 6. The monoisotopic (exact) mass is 317 g/mol. The van der Waals surface area contributed by atoms with Crippen molar-refractivity contribution >= 4 is 9.84 Å². The van der Waals surface area contributed by atoms with E-state index in [1.165, 1.54) is 12.1 Å². The lowest BCUT2D eigenvalue weighted by Crippen LogP contribution is -2.44. The highest BCUT2D eigenvalue weighted by atomic mass is 32.2. The van der Waals surface area contributed by atoms with Crippen molar-refractivity contribution in [3.05, 3.63) is 30.1 Å². The molecule has 2 atom stereocenters. The fourth-order valence-corrected chi connectivity index (χ4v) is 3.96. The van der Waals surface area contributed by atoms with Gasteiger partial charge in [-0.05, 0) is 25.0 Å². The van der Waals surface area contributed by atoms with Gasteiger partial charge in [-0.25, -0.2) is 12.8 Å². The lowest BCUT2D eigenvalue weighted by atomic mass is 10.2. The molecule has 0 radical (unpaired) electrons. The summed E-state index contributed by atoms with van der Waals surface area (Å²) in [5.41, 5.74) is 0. The Morgan fingerprint density at radius 1 is 1.43 bits per heavy atom. The third-order valence-electron chi connectivity index (χ3n) is 3.37. The van der Waals surface area contributed by atoms with E-state index in [2.05, 4.69) is 5.32 Å². The lowest BCUT2D eigenvalue weighted by Gasteiger charge is -2.24. The number of ether oxygens (including phenoxy) is 1. The van der Waals surface area contributed by atoms with Gasteiger partial charge in [0.2, 0.25) is 0 Å². The molecule has 0 bridgehead atoms. The van der Waals surface area contributed by atoms with Gasteiger partial charge < -0.3 is 15.2 Å². The minimum Gasteiger partial charge on any atom is -0.488 e. The molecule has 1 aromatic carbocycles. The SMILES string of the molecule is O=S1(=O)CCCC(NCC(O)COc2ccccc2F)C1. The molecule has 1 aliphatic rings. The van der Waals surface area contributed by atoms with Gasteiger partial charge in [-0.2, -0.15) is 0 Å². The van der Waals surface area contributed by atoms with Crippen molar-refractivity contribution in [1.29, 1.82) is 0 Å². The fraction of sp³-hybridized carbons (Fsp3) is 0.571. The second kappa shape index (κ2) is 7.20. The third kappa shape index (κ3) is 5.26. The maximum absolute atomic E-state index is 13.3. The van der Waals surface area contributed by atoms with Crippen molar-refractivity contribution in [2.24, 2.45) is 0 Å². The van der Waals surface area contributed by atoms with E-state index in [0.717, 1.165) is 6.42 Å². The van der Waals surface area contributed by atoms with Gasteiger partial charge in [-0.15, -0.1) is 0 Å². The summed E-state index contributed by atoms with van der Waals surface area (Å²) in [6.07, 6.45) is 0.594. The van der Waals surface area contributed by atoms with Gasteiger partial charge in [0.25, 0.3) is 0 Å². The molecule has 0 aliphatic carbocycles. The molecule has 7 heteroatoms. The van der Waals surface area contributed by atoms with Crippen LogP contribution in [0.3, 0.4) is 0 Å². The highest BCUT2D eigenvalue weighted by Gasteiger charge is 2.24. The van der Waals surface area contributed by atoms with Gasteiger partial charge in [0.1, 0.15) is 12.7 Å². The van der Waals surface area contributed by atoms with Crippen molar-refractivity contribution in [2.75, 3.05) is 24.7 Å². The molecule has 2 rings (SSSR count). The molecular formula is C14H20FNO4S. The van der Waals surface area contributed by atoms with Crippen LogP contribution in [0.15, 0.2) is 24.3 Å². The standard InChI is InChI=1S/C14H20FNO4S/c15-13-5-1-2-6-14(13)20-9-12(17)8-16-11-4-3-7-21(18,19)10-11/h1-2,5-6,11-12,16-17H,3-4,7-10H2. The van der Waals surface area contributed by atoms with Crippen LogP contribution in [0.25, 0.3) is 0 Å². The maximum atomic E-state index is 13.3. The van der Waals surface area contributed by atoms with E-state index in [-0.39, 0.29) is 36.4 Å². The largest absolute Gasteiger partial charge is 0.488 e.